The normalized spacial score (nSPS) is 11.2. The standard InChI is InChI=1S/C16H25N5OS/c1-5-21(6-2)8-7-17-13(22)9-18-15-14-11(3)12(4)23-16(14)20-10-19-15/h10H,5-9H2,1-4H3,(H,17,22)(H,18,19,20). The van der Waals surface area contributed by atoms with Crippen LogP contribution in [0.2, 0.25) is 0 Å². The van der Waals surface area contributed by atoms with Crippen molar-refractivity contribution in [2.75, 3.05) is 38.0 Å². The molecule has 2 aromatic heterocycles. The number of hydrogen-bond acceptors (Lipinski definition) is 6. The smallest absolute Gasteiger partial charge is 0.239 e. The first-order chi connectivity index (χ1) is 11.1. The van der Waals surface area contributed by atoms with Crippen LogP contribution in [0.4, 0.5) is 5.82 Å². The molecule has 0 aliphatic carbocycles. The monoisotopic (exact) mass is 335 g/mol. The highest BCUT2D eigenvalue weighted by molar-refractivity contribution is 7.18. The molecule has 2 N–H and O–H groups in total. The van der Waals surface area contributed by atoms with E-state index in [0.717, 1.165) is 35.7 Å². The van der Waals surface area contributed by atoms with Crippen LogP contribution in [0.15, 0.2) is 6.33 Å². The molecule has 23 heavy (non-hydrogen) atoms. The summed E-state index contributed by atoms with van der Waals surface area (Å²) in [6, 6.07) is 0. The molecule has 0 radical (unpaired) electrons. The van der Waals surface area contributed by atoms with E-state index < -0.39 is 0 Å². The van der Waals surface area contributed by atoms with E-state index >= 15 is 0 Å². The van der Waals surface area contributed by atoms with Crippen LogP contribution in [-0.2, 0) is 4.79 Å². The molecule has 0 saturated carbocycles. The summed E-state index contributed by atoms with van der Waals surface area (Å²) in [5.74, 6) is 0.712. The Hall–Kier alpha value is -1.73. The number of aromatic nitrogens is 2. The van der Waals surface area contributed by atoms with Gasteiger partial charge in [-0.2, -0.15) is 0 Å². The Kier molecular flexibility index (Phi) is 6.29. The first-order valence-corrected chi connectivity index (χ1v) is 8.82. The SMILES string of the molecule is CCN(CC)CCNC(=O)CNc1ncnc2sc(C)c(C)c12. The summed E-state index contributed by atoms with van der Waals surface area (Å²) in [5, 5.41) is 7.09. The summed E-state index contributed by atoms with van der Waals surface area (Å²) >= 11 is 1.65. The fraction of sp³-hybridized carbons (Fsp3) is 0.562. The van der Waals surface area contributed by atoms with Gasteiger partial charge in [0.1, 0.15) is 17.0 Å². The van der Waals surface area contributed by atoms with E-state index in [-0.39, 0.29) is 12.5 Å². The molecule has 2 rings (SSSR count). The number of rotatable bonds is 8. The van der Waals surface area contributed by atoms with Crippen molar-refractivity contribution in [2.24, 2.45) is 0 Å². The van der Waals surface area contributed by atoms with Crippen molar-refractivity contribution in [1.82, 2.24) is 20.2 Å². The maximum Gasteiger partial charge on any atom is 0.239 e. The minimum atomic E-state index is -0.0199. The highest BCUT2D eigenvalue weighted by atomic mass is 32.1. The van der Waals surface area contributed by atoms with E-state index in [4.69, 9.17) is 0 Å². The Morgan fingerprint density at radius 2 is 2.00 bits per heavy atom. The van der Waals surface area contributed by atoms with E-state index in [1.165, 1.54) is 10.4 Å². The highest BCUT2D eigenvalue weighted by Crippen LogP contribution is 2.32. The van der Waals surface area contributed by atoms with Crippen molar-refractivity contribution in [3.05, 3.63) is 16.8 Å². The molecule has 0 atom stereocenters. The highest BCUT2D eigenvalue weighted by Gasteiger charge is 2.12. The lowest BCUT2D eigenvalue weighted by Gasteiger charge is -2.18. The molecule has 0 saturated heterocycles. The second-order valence-electron chi connectivity index (χ2n) is 5.42. The van der Waals surface area contributed by atoms with Crippen LogP contribution >= 0.6 is 11.3 Å². The molecular formula is C16H25N5OS. The summed E-state index contributed by atoms with van der Waals surface area (Å²) in [6.07, 6.45) is 1.54. The number of carbonyl (C=O) groups is 1. The van der Waals surface area contributed by atoms with Gasteiger partial charge < -0.3 is 15.5 Å². The lowest BCUT2D eigenvalue weighted by Crippen LogP contribution is -2.37. The zero-order valence-corrected chi connectivity index (χ0v) is 15.1. The topological polar surface area (TPSA) is 70.2 Å². The molecule has 0 aliphatic rings. The van der Waals surface area contributed by atoms with Crippen LogP contribution < -0.4 is 10.6 Å². The van der Waals surface area contributed by atoms with Crippen molar-refractivity contribution >= 4 is 33.3 Å². The van der Waals surface area contributed by atoms with Gasteiger partial charge in [-0.15, -0.1) is 11.3 Å². The molecule has 0 fully saturated rings. The van der Waals surface area contributed by atoms with Crippen molar-refractivity contribution < 1.29 is 4.79 Å². The van der Waals surface area contributed by atoms with Gasteiger partial charge in [-0.05, 0) is 32.5 Å². The zero-order chi connectivity index (χ0) is 16.8. The second-order valence-corrected chi connectivity index (χ2v) is 6.62. The predicted molar refractivity (Wildman–Crippen MR) is 96.2 cm³/mol. The Bertz CT molecular complexity index is 666. The summed E-state index contributed by atoms with van der Waals surface area (Å²) in [5.41, 5.74) is 1.18. The molecule has 7 heteroatoms. The molecular weight excluding hydrogens is 310 g/mol. The maximum absolute atomic E-state index is 12.0. The van der Waals surface area contributed by atoms with Crippen LogP contribution in [0, 0.1) is 13.8 Å². The Balaban J connectivity index is 1.90. The Morgan fingerprint density at radius 1 is 1.26 bits per heavy atom. The van der Waals surface area contributed by atoms with Gasteiger partial charge in [0.05, 0.1) is 11.9 Å². The third kappa shape index (κ3) is 4.39. The number of carbonyl (C=O) groups excluding carboxylic acids is 1. The third-order valence-corrected chi connectivity index (χ3v) is 5.14. The van der Waals surface area contributed by atoms with Gasteiger partial charge in [0.25, 0.3) is 0 Å². The van der Waals surface area contributed by atoms with Gasteiger partial charge in [-0.25, -0.2) is 9.97 Å². The van der Waals surface area contributed by atoms with E-state index in [0.29, 0.717) is 6.54 Å². The van der Waals surface area contributed by atoms with Crippen LogP contribution in [0.5, 0.6) is 0 Å². The average molecular weight is 335 g/mol. The summed E-state index contributed by atoms with van der Waals surface area (Å²) in [7, 11) is 0. The molecule has 6 nitrogen and oxygen atoms in total. The number of hydrogen-bond donors (Lipinski definition) is 2. The van der Waals surface area contributed by atoms with E-state index in [1.807, 2.05) is 0 Å². The molecule has 0 bridgehead atoms. The van der Waals surface area contributed by atoms with E-state index in [9.17, 15) is 4.79 Å². The van der Waals surface area contributed by atoms with Crippen LogP contribution in [-0.4, -0.2) is 53.5 Å². The Morgan fingerprint density at radius 3 is 2.70 bits per heavy atom. The molecule has 2 aromatic rings. The maximum atomic E-state index is 12.0. The fourth-order valence-corrected chi connectivity index (χ4v) is 3.43. The Labute approximate surface area is 141 Å². The fourth-order valence-electron chi connectivity index (χ4n) is 2.44. The van der Waals surface area contributed by atoms with Crippen molar-refractivity contribution in [1.29, 1.82) is 0 Å². The number of likely N-dealkylation sites (N-methyl/N-ethyl adjacent to an activating group) is 1. The quantitative estimate of drug-likeness (QED) is 0.774. The number of aryl methyl sites for hydroxylation is 2. The van der Waals surface area contributed by atoms with Gasteiger partial charge in [0.15, 0.2) is 0 Å². The summed E-state index contributed by atoms with van der Waals surface area (Å²) in [4.78, 5) is 25.0. The minimum Gasteiger partial charge on any atom is -0.360 e. The summed E-state index contributed by atoms with van der Waals surface area (Å²) < 4.78 is 0. The molecule has 0 aliphatic heterocycles. The average Bonchev–Trinajstić information content (AvgIpc) is 2.85. The molecule has 0 unspecified atom stereocenters. The number of thiophene rings is 1. The minimum absolute atomic E-state index is 0.0199. The molecule has 1 amide bonds. The third-order valence-electron chi connectivity index (χ3n) is 4.03. The lowest BCUT2D eigenvalue weighted by atomic mass is 10.2. The number of nitrogens with zero attached hydrogens (tertiary/aromatic N) is 3. The number of fused-ring (bicyclic) bond motifs is 1. The van der Waals surface area contributed by atoms with Gasteiger partial charge in [-0.3, -0.25) is 4.79 Å². The first kappa shape index (κ1) is 17.6. The summed E-state index contributed by atoms with van der Waals surface area (Å²) in [6.45, 7) is 12.1. The van der Waals surface area contributed by atoms with E-state index in [2.05, 4.69) is 53.2 Å². The molecule has 0 aromatic carbocycles. The first-order valence-electron chi connectivity index (χ1n) is 8.00. The van der Waals surface area contributed by atoms with Crippen molar-refractivity contribution in [3.8, 4) is 0 Å². The van der Waals surface area contributed by atoms with Gasteiger partial charge in [-0.1, -0.05) is 13.8 Å². The van der Waals surface area contributed by atoms with Crippen LogP contribution in [0.1, 0.15) is 24.3 Å². The van der Waals surface area contributed by atoms with Gasteiger partial charge >= 0.3 is 0 Å². The predicted octanol–water partition coefficient (Wildman–Crippen LogP) is 2.18. The largest absolute Gasteiger partial charge is 0.360 e. The number of anilines is 1. The van der Waals surface area contributed by atoms with Crippen LogP contribution in [0.25, 0.3) is 10.2 Å². The number of nitrogens with one attached hydrogen (secondary N) is 2. The second kappa shape index (κ2) is 8.21. The molecule has 0 spiro atoms. The lowest BCUT2D eigenvalue weighted by molar-refractivity contribution is -0.119. The molecule has 126 valence electrons. The zero-order valence-electron chi connectivity index (χ0n) is 14.3. The van der Waals surface area contributed by atoms with Gasteiger partial charge in [0.2, 0.25) is 5.91 Å². The number of amides is 1. The molecule has 2 heterocycles. The van der Waals surface area contributed by atoms with Crippen LogP contribution in [0.3, 0.4) is 0 Å². The van der Waals surface area contributed by atoms with E-state index in [1.54, 1.807) is 17.7 Å². The van der Waals surface area contributed by atoms with Crippen molar-refractivity contribution in [2.45, 2.75) is 27.7 Å². The van der Waals surface area contributed by atoms with Crippen molar-refractivity contribution in [3.63, 3.8) is 0 Å². The van der Waals surface area contributed by atoms with Gasteiger partial charge in [0, 0.05) is 18.0 Å².